The maximum atomic E-state index is 6.26. The molecule has 1 aromatic heterocycles. The van der Waals surface area contributed by atoms with E-state index < -0.39 is 0 Å². The fourth-order valence-corrected chi connectivity index (χ4v) is 2.65. The summed E-state index contributed by atoms with van der Waals surface area (Å²) in [5.41, 5.74) is 6.72. The second-order valence-corrected chi connectivity index (χ2v) is 5.77. The first kappa shape index (κ1) is 16.1. The van der Waals surface area contributed by atoms with E-state index in [1.807, 2.05) is 42.3 Å². The zero-order valence-electron chi connectivity index (χ0n) is 14.1. The molecule has 0 radical (unpaired) electrons. The van der Waals surface area contributed by atoms with Crippen molar-refractivity contribution in [1.82, 2.24) is 9.97 Å². The van der Waals surface area contributed by atoms with Crippen molar-refractivity contribution in [3.05, 3.63) is 48.8 Å². The molecule has 3 rings (SSSR count). The minimum atomic E-state index is 0.389. The Balaban J connectivity index is 1.92. The summed E-state index contributed by atoms with van der Waals surface area (Å²) < 4.78 is 6.01. The highest BCUT2D eigenvalue weighted by atomic mass is 16.5. The Bertz CT molecular complexity index is 829. The highest BCUT2D eigenvalue weighted by molar-refractivity contribution is 5.88. The van der Waals surface area contributed by atoms with Gasteiger partial charge in [-0.25, -0.2) is 4.98 Å². The lowest BCUT2D eigenvalue weighted by molar-refractivity contribution is 0.469. The monoisotopic (exact) mass is 322 g/mol. The van der Waals surface area contributed by atoms with Crippen molar-refractivity contribution < 1.29 is 4.74 Å². The van der Waals surface area contributed by atoms with E-state index in [0.29, 0.717) is 17.4 Å². The van der Waals surface area contributed by atoms with Crippen LogP contribution in [-0.4, -0.2) is 23.6 Å². The summed E-state index contributed by atoms with van der Waals surface area (Å²) in [4.78, 5) is 10.6. The molecule has 0 amide bonds. The lowest BCUT2D eigenvalue weighted by atomic mass is 10.1. The van der Waals surface area contributed by atoms with Gasteiger partial charge in [0.2, 0.25) is 5.88 Å². The second kappa shape index (κ2) is 7.17. The lowest BCUT2D eigenvalue weighted by Gasteiger charge is -2.20. The van der Waals surface area contributed by atoms with Crippen LogP contribution in [0.25, 0.3) is 10.8 Å². The molecule has 0 atom stereocenters. The van der Waals surface area contributed by atoms with Gasteiger partial charge in [-0.3, -0.25) is 0 Å². The highest BCUT2D eigenvalue weighted by Crippen LogP contribution is 2.34. The smallest absolute Gasteiger partial charge is 0.248 e. The molecule has 0 aliphatic heterocycles. The number of unbranched alkanes of at least 4 members (excludes halogenated alkanes) is 1. The molecule has 0 aliphatic rings. The van der Waals surface area contributed by atoms with E-state index in [2.05, 4.69) is 29.0 Å². The Morgan fingerprint density at radius 2 is 1.88 bits per heavy atom. The molecule has 0 saturated heterocycles. The number of nitrogens with two attached hydrogens (primary N) is 1. The average molecular weight is 322 g/mol. The third-order valence-electron chi connectivity index (χ3n) is 3.99. The summed E-state index contributed by atoms with van der Waals surface area (Å²) in [7, 11) is 1.98. The molecule has 0 fully saturated rings. The summed E-state index contributed by atoms with van der Waals surface area (Å²) in [5, 5.41) is 2.14. The molecule has 124 valence electrons. The van der Waals surface area contributed by atoms with E-state index in [1.165, 1.54) is 6.33 Å². The van der Waals surface area contributed by atoms with Gasteiger partial charge in [0.1, 0.15) is 17.8 Å². The summed E-state index contributed by atoms with van der Waals surface area (Å²) >= 11 is 0. The van der Waals surface area contributed by atoms with Crippen LogP contribution >= 0.6 is 0 Å². The molecule has 2 N–H and O–H groups in total. The third-order valence-corrected chi connectivity index (χ3v) is 3.99. The summed E-state index contributed by atoms with van der Waals surface area (Å²) in [5.74, 6) is 1.83. The van der Waals surface area contributed by atoms with Gasteiger partial charge >= 0.3 is 0 Å². The minimum Gasteiger partial charge on any atom is -0.436 e. The van der Waals surface area contributed by atoms with E-state index in [0.717, 1.165) is 35.9 Å². The van der Waals surface area contributed by atoms with Crippen LogP contribution in [0.4, 0.5) is 11.5 Å². The second-order valence-electron chi connectivity index (χ2n) is 5.77. The van der Waals surface area contributed by atoms with Crippen LogP contribution in [0.2, 0.25) is 0 Å². The number of nitrogen functional groups attached to an aromatic ring is 1. The van der Waals surface area contributed by atoms with Gasteiger partial charge in [-0.1, -0.05) is 49.7 Å². The zero-order chi connectivity index (χ0) is 16.9. The number of anilines is 2. The molecule has 5 nitrogen and oxygen atoms in total. The predicted molar refractivity (Wildman–Crippen MR) is 98.6 cm³/mol. The molecule has 5 heteroatoms. The van der Waals surface area contributed by atoms with Gasteiger partial charge in [0.05, 0.1) is 0 Å². The Labute approximate surface area is 142 Å². The first-order valence-electron chi connectivity index (χ1n) is 8.18. The van der Waals surface area contributed by atoms with Gasteiger partial charge in [-0.15, -0.1) is 0 Å². The average Bonchev–Trinajstić information content (AvgIpc) is 2.61. The quantitative estimate of drug-likeness (QED) is 0.735. The van der Waals surface area contributed by atoms with Crippen molar-refractivity contribution in [3.8, 4) is 11.6 Å². The van der Waals surface area contributed by atoms with Crippen molar-refractivity contribution >= 4 is 22.3 Å². The predicted octanol–water partition coefficient (Wildman–Crippen LogP) is 4.24. The van der Waals surface area contributed by atoms with Crippen molar-refractivity contribution in [2.24, 2.45) is 0 Å². The van der Waals surface area contributed by atoms with E-state index >= 15 is 0 Å². The number of hydrogen-bond acceptors (Lipinski definition) is 5. The molecular weight excluding hydrogens is 300 g/mol. The van der Waals surface area contributed by atoms with Crippen LogP contribution in [0.5, 0.6) is 11.6 Å². The number of ether oxygens (including phenoxy) is 1. The molecule has 24 heavy (non-hydrogen) atoms. The molecular formula is C19H22N4O. The van der Waals surface area contributed by atoms with Crippen molar-refractivity contribution in [3.63, 3.8) is 0 Å². The summed E-state index contributed by atoms with van der Waals surface area (Å²) in [6.45, 7) is 3.05. The molecule has 0 aliphatic carbocycles. The van der Waals surface area contributed by atoms with Crippen molar-refractivity contribution in [1.29, 1.82) is 0 Å². The van der Waals surface area contributed by atoms with Crippen LogP contribution in [0.15, 0.2) is 48.8 Å². The largest absolute Gasteiger partial charge is 0.436 e. The summed E-state index contributed by atoms with van der Waals surface area (Å²) in [6, 6.07) is 14.0. The first-order valence-corrected chi connectivity index (χ1v) is 8.18. The summed E-state index contributed by atoms with van der Waals surface area (Å²) in [6.07, 6.45) is 3.70. The van der Waals surface area contributed by atoms with Crippen LogP contribution in [-0.2, 0) is 0 Å². The van der Waals surface area contributed by atoms with Gasteiger partial charge in [0, 0.05) is 19.0 Å². The third kappa shape index (κ3) is 3.25. The topological polar surface area (TPSA) is 64.3 Å². The number of rotatable bonds is 6. The fraction of sp³-hybridized carbons (Fsp3) is 0.263. The van der Waals surface area contributed by atoms with Gasteiger partial charge < -0.3 is 15.4 Å². The Morgan fingerprint density at radius 1 is 1.08 bits per heavy atom. The normalized spacial score (nSPS) is 10.8. The highest BCUT2D eigenvalue weighted by Gasteiger charge is 2.14. The van der Waals surface area contributed by atoms with Crippen LogP contribution in [0.3, 0.4) is 0 Å². The van der Waals surface area contributed by atoms with Crippen LogP contribution < -0.4 is 15.4 Å². The van der Waals surface area contributed by atoms with E-state index in [1.54, 1.807) is 0 Å². The Kier molecular flexibility index (Phi) is 4.79. The van der Waals surface area contributed by atoms with Gasteiger partial charge in [0.25, 0.3) is 0 Å². The molecule has 0 spiro atoms. The number of aromatic nitrogens is 2. The molecule has 0 unspecified atom stereocenters. The molecule has 3 aromatic rings. The van der Waals surface area contributed by atoms with Gasteiger partial charge in [0.15, 0.2) is 5.82 Å². The lowest BCUT2D eigenvalue weighted by Crippen LogP contribution is -2.21. The fourth-order valence-electron chi connectivity index (χ4n) is 2.65. The Hall–Kier alpha value is -2.82. The van der Waals surface area contributed by atoms with Gasteiger partial charge in [-0.05, 0) is 17.9 Å². The molecule has 0 bridgehead atoms. The SMILES string of the molecule is CCCCN(C)c1ncnc(Oc2cccc3ccccc23)c1N. The van der Waals surface area contributed by atoms with Crippen molar-refractivity contribution in [2.45, 2.75) is 19.8 Å². The molecule has 2 aromatic carbocycles. The standard InChI is InChI=1S/C19H22N4O/c1-3-4-12-23(2)18-17(20)19(22-13-21-18)24-16-11-7-9-14-8-5-6-10-15(14)16/h5-11,13H,3-4,12,20H2,1-2H3. The van der Waals surface area contributed by atoms with E-state index in [-0.39, 0.29) is 0 Å². The molecule has 0 saturated carbocycles. The van der Waals surface area contributed by atoms with E-state index in [9.17, 15) is 0 Å². The van der Waals surface area contributed by atoms with Gasteiger partial charge in [-0.2, -0.15) is 4.98 Å². The number of fused-ring (bicyclic) bond motifs is 1. The first-order chi connectivity index (χ1) is 11.7. The maximum Gasteiger partial charge on any atom is 0.248 e. The van der Waals surface area contributed by atoms with Crippen LogP contribution in [0, 0.1) is 0 Å². The number of nitrogens with zero attached hydrogens (tertiary/aromatic N) is 3. The number of benzene rings is 2. The number of hydrogen-bond donors (Lipinski definition) is 1. The van der Waals surface area contributed by atoms with E-state index in [4.69, 9.17) is 10.5 Å². The van der Waals surface area contributed by atoms with Crippen molar-refractivity contribution in [2.75, 3.05) is 24.2 Å². The maximum absolute atomic E-state index is 6.26. The van der Waals surface area contributed by atoms with Crippen LogP contribution in [0.1, 0.15) is 19.8 Å². The minimum absolute atomic E-state index is 0.389. The zero-order valence-corrected chi connectivity index (χ0v) is 14.1. The molecule has 1 heterocycles. The Morgan fingerprint density at radius 3 is 2.71 bits per heavy atom.